The Morgan fingerprint density at radius 1 is 0.255 bits per heavy atom. The van der Waals surface area contributed by atoms with E-state index in [1.165, 1.54) is 199 Å². The lowest BCUT2D eigenvalue weighted by Gasteiger charge is -2.21. The van der Waals surface area contributed by atoms with Crippen molar-refractivity contribution in [3.63, 3.8) is 0 Å². The summed E-state index contributed by atoms with van der Waals surface area (Å²) in [7, 11) is -9.92. The third-order valence-electron chi connectivity index (χ3n) is 18.3. The molecule has 19 heteroatoms. The van der Waals surface area contributed by atoms with Gasteiger partial charge in [0.25, 0.3) is 0 Å². The highest BCUT2D eigenvalue weighted by Crippen LogP contribution is 2.45. The van der Waals surface area contributed by atoms with Crippen molar-refractivity contribution in [2.45, 2.75) is 420 Å². The lowest BCUT2D eigenvalue weighted by molar-refractivity contribution is -0.161. The van der Waals surface area contributed by atoms with Gasteiger partial charge in [0.1, 0.15) is 19.3 Å². The predicted octanol–water partition coefficient (Wildman–Crippen LogP) is 23.2. The molecule has 0 aliphatic rings. The maximum Gasteiger partial charge on any atom is 0.472 e. The van der Waals surface area contributed by atoms with E-state index in [0.717, 1.165) is 114 Å². The van der Waals surface area contributed by atoms with E-state index in [9.17, 15) is 43.2 Å². The van der Waals surface area contributed by atoms with E-state index in [1.807, 2.05) is 0 Å². The average molecular weight is 1440 g/mol. The van der Waals surface area contributed by atoms with Crippen LogP contribution in [0.4, 0.5) is 0 Å². The fraction of sp³-hybridized carbons (Fsp3) is 0.949. The molecule has 0 radical (unpaired) electrons. The van der Waals surface area contributed by atoms with E-state index in [0.29, 0.717) is 31.6 Å². The molecule has 0 aromatic carbocycles. The van der Waals surface area contributed by atoms with Gasteiger partial charge in [-0.3, -0.25) is 37.3 Å². The normalized spacial score (nSPS) is 14.1. The second kappa shape index (κ2) is 68.2. The van der Waals surface area contributed by atoms with Crippen LogP contribution in [0.3, 0.4) is 0 Å². The SMILES string of the molecule is CC(C)CCCCCCCCCCCCCCCCCCC(=O)O[C@H](COC(=O)CCCCCCCCCCCCCCC(C)C)COP(=O)(O)OC[C@@H](O)COP(=O)(O)OC[C@@H](COC(=O)CCCCCCCCC(C)C)OC(=O)CCCCCCCCCCCCCCC(C)C. The number of rotatable bonds is 76. The minimum Gasteiger partial charge on any atom is -0.462 e. The average Bonchev–Trinajstić information content (AvgIpc) is 0.958. The number of aliphatic hydroxyl groups excluding tert-OH is 1. The summed E-state index contributed by atoms with van der Waals surface area (Å²) in [5.74, 6) is 0.929. The number of ether oxygens (including phenoxy) is 4. The number of aliphatic hydroxyl groups is 1. The molecule has 0 aromatic heterocycles. The summed E-state index contributed by atoms with van der Waals surface area (Å²) in [6.07, 6.45) is 54.2. The molecule has 0 aliphatic carbocycles. The topological polar surface area (TPSA) is 237 Å². The van der Waals surface area contributed by atoms with Crippen LogP contribution in [0.25, 0.3) is 0 Å². The summed E-state index contributed by atoms with van der Waals surface area (Å²) in [5, 5.41) is 10.6. The lowest BCUT2D eigenvalue weighted by atomic mass is 10.0. The summed E-state index contributed by atoms with van der Waals surface area (Å²) in [5.41, 5.74) is 0. The highest BCUT2D eigenvalue weighted by Gasteiger charge is 2.30. The molecule has 0 saturated carbocycles. The standard InChI is InChI=1S/C79H154O17P2/c1-69(2)55-47-39-31-25-19-13-11-9-10-12-14-23-29-35-45-53-61-78(83)95-74(65-89-76(81)59-51-43-34-28-22-17-15-20-26-32-40-48-56-70(3)4)67-93-97(85,86)91-63-73(80)64-92-98(87,88)94-68-75(66-90-77(82)60-52-44-38-37-42-50-58-72(7)8)96-79(84)62-54-46-36-30-24-18-16-21-27-33-41-49-57-71(5)6/h69-75,80H,9-68H2,1-8H3,(H,85,86)(H,87,88)/t73-,74-,75-/m1/s1. The van der Waals surface area contributed by atoms with Crippen LogP contribution in [-0.2, 0) is 65.4 Å². The number of hydrogen-bond donors (Lipinski definition) is 3. The first-order valence-electron chi connectivity index (χ1n) is 40.7. The Hall–Kier alpha value is -1.94. The molecule has 0 saturated heterocycles. The molecule has 582 valence electrons. The Balaban J connectivity index is 5.23. The molecule has 17 nitrogen and oxygen atoms in total. The van der Waals surface area contributed by atoms with Gasteiger partial charge in [-0.15, -0.1) is 0 Å². The molecule has 0 heterocycles. The third kappa shape index (κ3) is 72.4. The lowest BCUT2D eigenvalue weighted by Crippen LogP contribution is -2.30. The maximum absolute atomic E-state index is 13.1. The van der Waals surface area contributed by atoms with Crippen molar-refractivity contribution in [3.8, 4) is 0 Å². The zero-order valence-corrected chi connectivity index (χ0v) is 66.2. The molecule has 0 spiro atoms. The summed E-state index contributed by atoms with van der Waals surface area (Å²) in [6, 6.07) is 0. The molecule has 2 unspecified atom stereocenters. The van der Waals surface area contributed by atoms with Gasteiger partial charge >= 0.3 is 39.5 Å². The van der Waals surface area contributed by atoms with Gasteiger partial charge < -0.3 is 33.8 Å². The number of carbonyl (C=O) groups is 4. The van der Waals surface area contributed by atoms with Crippen LogP contribution in [-0.4, -0.2) is 96.7 Å². The van der Waals surface area contributed by atoms with Crippen LogP contribution in [0.5, 0.6) is 0 Å². The number of phosphoric ester groups is 2. The van der Waals surface area contributed by atoms with Crippen LogP contribution >= 0.6 is 15.6 Å². The number of esters is 4. The minimum absolute atomic E-state index is 0.105. The second-order valence-corrected chi connectivity index (χ2v) is 33.3. The van der Waals surface area contributed by atoms with Crippen molar-refractivity contribution in [3.05, 3.63) is 0 Å². The Morgan fingerprint density at radius 3 is 0.633 bits per heavy atom. The molecule has 0 rings (SSSR count). The zero-order chi connectivity index (χ0) is 72.4. The first-order chi connectivity index (χ1) is 47.1. The van der Waals surface area contributed by atoms with Gasteiger partial charge in [-0.05, 0) is 49.4 Å². The highest BCUT2D eigenvalue weighted by molar-refractivity contribution is 7.47. The minimum atomic E-state index is -4.96. The Kier molecular flexibility index (Phi) is 66.8. The van der Waals surface area contributed by atoms with Crippen LogP contribution in [0.15, 0.2) is 0 Å². The first-order valence-corrected chi connectivity index (χ1v) is 43.7. The van der Waals surface area contributed by atoms with Gasteiger partial charge in [-0.2, -0.15) is 0 Å². The van der Waals surface area contributed by atoms with Crippen molar-refractivity contribution in [1.29, 1.82) is 0 Å². The van der Waals surface area contributed by atoms with Crippen molar-refractivity contribution < 1.29 is 80.2 Å². The Bertz CT molecular complexity index is 1920. The van der Waals surface area contributed by atoms with Crippen LogP contribution < -0.4 is 0 Å². The number of hydrogen-bond acceptors (Lipinski definition) is 15. The first kappa shape index (κ1) is 96.1. The Morgan fingerprint density at radius 2 is 0.429 bits per heavy atom. The molecule has 0 amide bonds. The van der Waals surface area contributed by atoms with Gasteiger partial charge in [0.15, 0.2) is 12.2 Å². The third-order valence-corrected chi connectivity index (χ3v) is 20.2. The zero-order valence-electron chi connectivity index (χ0n) is 64.4. The van der Waals surface area contributed by atoms with Crippen LogP contribution in [0.2, 0.25) is 0 Å². The van der Waals surface area contributed by atoms with Gasteiger partial charge in [-0.25, -0.2) is 9.13 Å². The highest BCUT2D eigenvalue weighted by atomic mass is 31.2. The summed E-state index contributed by atoms with van der Waals surface area (Å²) in [4.78, 5) is 72.9. The van der Waals surface area contributed by atoms with Crippen LogP contribution in [0, 0.1) is 23.7 Å². The van der Waals surface area contributed by atoms with Crippen molar-refractivity contribution in [2.75, 3.05) is 39.6 Å². The van der Waals surface area contributed by atoms with Crippen molar-refractivity contribution in [1.82, 2.24) is 0 Å². The Labute approximate surface area is 600 Å². The summed E-state index contributed by atoms with van der Waals surface area (Å²) in [6.45, 7) is 14.2. The molecule has 98 heavy (non-hydrogen) atoms. The number of unbranched alkanes of at least 4 members (excludes halogenated alkanes) is 42. The molecule has 0 aromatic rings. The fourth-order valence-electron chi connectivity index (χ4n) is 12.1. The summed E-state index contributed by atoms with van der Waals surface area (Å²) >= 11 is 0. The predicted molar refractivity (Wildman–Crippen MR) is 400 cm³/mol. The quantitative estimate of drug-likeness (QED) is 0.0222. The van der Waals surface area contributed by atoms with E-state index in [-0.39, 0.29) is 25.7 Å². The van der Waals surface area contributed by atoms with Crippen LogP contribution in [0.1, 0.15) is 402 Å². The van der Waals surface area contributed by atoms with Crippen molar-refractivity contribution in [2.24, 2.45) is 23.7 Å². The van der Waals surface area contributed by atoms with E-state index >= 15 is 0 Å². The monoisotopic (exact) mass is 1440 g/mol. The van der Waals surface area contributed by atoms with E-state index in [2.05, 4.69) is 55.4 Å². The molecule has 0 bridgehead atoms. The van der Waals surface area contributed by atoms with Crippen molar-refractivity contribution >= 4 is 39.5 Å². The maximum atomic E-state index is 13.1. The summed E-state index contributed by atoms with van der Waals surface area (Å²) < 4.78 is 68.6. The molecular formula is C79H154O17P2. The van der Waals surface area contributed by atoms with Gasteiger partial charge in [0.05, 0.1) is 26.4 Å². The number of carbonyl (C=O) groups excluding carboxylic acids is 4. The van der Waals surface area contributed by atoms with Gasteiger partial charge in [0, 0.05) is 25.7 Å². The molecule has 0 fully saturated rings. The van der Waals surface area contributed by atoms with E-state index < -0.39 is 97.5 Å². The fourth-order valence-corrected chi connectivity index (χ4v) is 13.7. The van der Waals surface area contributed by atoms with Gasteiger partial charge in [-0.1, -0.05) is 351 Å². The van der Waals surface area contributed by atoms with E-state index in [1.54, 1.807) is 0 Å². The second-order valence-electron chi connectivity index (χ2n) is 30.4. The smallest absolute Gasteiger partial charge is 0.462 e. The molecule has 0 aliphatic heterocycles. The molecular weight excluding hydrogens is 1280 g/mol. The van der Waals surface area contributed by atoms with Gasteiger partial charge in [0.2, 0.25) is 0 Å². The largest absolute Gasteiger partial charge is 0.472 e. The van der Waals surface area contributed by atoms with E-state index in [4.69, 9.17) is 37.0 Å². The molecule has 5 atom stereocenters. The molecule has 3 N–H and O–H groups in total. The number of phosphoric acid groups is 2.